The summed E-state index contributed by atoms with van der Waals surface area (Å²) in [6, 6.07) is 5.95. The van der Waals surface area contributed by atoms with Crippen LogP contribution in [0, 0.1) is 0 Å². The van der Waals surface area contributed by atoms with E-state index in [2.05, 4.69) is 17.7 Å². The molecule has 0 aliphatic carbocycles. The van der Waals surface area contributed by atoms with Crippen LogP contribution in [0.1, 0.15) is 13.1 Å². The van der Waals surface area contributed by atoms with Crippen LogP contribution >= 0.6 is 11.8 Å². The van der Waals surface area contributed by atoms with E-state index in [9.17, 15) is 5.11 Å². The van der Waals surface area contributed by atoms with Crippen molar-refractivity contribution in [3.05, 3.63) is 30.6 Å². The molecule has 0 radical (unpaired) electrons. The van der Waals surface area contributed by atoms with Gasteiger partial charge in [0.2, 0.25) is 5.37 Å². The summed E-state index contributed by atoms with van der Waals surface area (Å²) in [5, 5.41) is 9.91. The normalized spacial score (nSPS) is 22.5. The summed E-state index contributed by atoms with van der Waals surface area (Å²) in [4.78, 5) is 0. The third-order valence-electron chi connectivity index (χ3n) is 2.63. The van der Waals surface area contributed by atoms with Crippen LogP contribution in [0.2, 0.25) is 0 Å². The highest BCUT2D eigenvalue weighted by atomic mass is 32.2. The van der Waals surface area contributed by atoms with Crippen LogP contribution < -0.4 is 4.57 Å². The van der Waals surface area contributed by atoms with Crippen molar-refractivity contribution >= 4 is 18.0 Å². The van der Waals surface area contributed by atoms with E-state index >= 15 is 0 Å². The second-order valence-corrected chi connectivity index (χ2v) is 4.90. The number of thioether (sulfide) groups is 1. The highest BCUT2D eigenvalue weighted by Crippen LogP contribution is 2.19. The quantitative estimate of drug-likeness (QED) is 0.763. The first kappa shape index (κ1) is 10.6. The van der Waals surface area contributed by atoms with Crippen molar-refractivity contribution in [2.75, 3.05) is 12.4 Å². The van der Waals surface area contributed by atoms with Crippen LogP contribution in [0.15, 0.2) is 30.6 Å². The summed E-state index contributed by atoms with van der Waals surface area (Å²) in [6.07, 6.45) is 6.17. The average Bonchev–Trinajstić information content (AvgIpc) is 2.68. The molecule has 0 amide bonds. The molecule has 3 nitrogen and oxygen atoms in total. The van der Waals surface area contributed by atoms with E-state index in [1.165, 1.54) is 0 Å². The van der Waals surface area contributed by atoms with Gasteiger partial charge in [-0.25, -0.2) is 0 Å². The number of hydrogen-bond acceptors (Lipinski definition) is 2. The van der Waals surface area contributed by atoms with Gasteiger partial charge in [0.05, 0.1) is 5.75 Å². The maximum atomic E-state index is 9.47. The third-order valence-corrected chi connectivity index (χ3v) is 3.70. The first-order chi connectivity index (χ1) is 7.33. The van der Waals surface area contributed by atoms with Gasteiger partial charge in [0.1, 0.15) is 0 Å². The van der Waals surface area contributed by atoms with E-state index in [-0.39, 0.29) is 12.8 Å². The molecule has 2 atom stereocenters. The molecule has 0 saturated heterocycles. The third kappa shape index (κ3) is 2.21. The summed E-state index contributed by atoms with van der Waals surface area (Å²) < 4.78 is 4.25. The predicted octanol–water partition coefficient (Wildman–Crippen LogP) is 0.641. The molecule has 1 aromatic heterocycles. The van der Waals surface area contributed by atoms with Gasteiger partial charge in [0, 0.05) is 19.1 Å². The van der Waals surface area contributed by atoms with Crippen molar-refractivity contribution in [2.24, 2.45) is 0 Å². The molecule has 0 fully saturated rings. The molecule has 1 aromatic rings. The Morgan fingerprint density at radius 3 is 2.67 bits per heavy atom. The topological polar surface area (TPSA) is 27.1 Å². The number of hydrogen-bond donors (Lipinski definition) is 1. The van der Waals surface area contributed by atoms with Gasteiger partial charge in [0.25, 0.3) is 0 Å². The second kappa shape index (κ2) is 4.77. The molecule has 15 heavy (non-hydrogen) atoms. The van der Waals surface area contributed by atoms with Gasteiger partial charge < -0.3 is 5.11 Å². The van der Waals surface area contributed by atoms with Crippen molar-refractivity contribution in [2.45, 2.75) is 18.5 Å². The van der Waals surface area contributed by atoms with Gasteiger partial charge in [-0.3, -0.25) is 0 Å². The van der Waals surface area contributed by atoms with Crippen LogP contribution in [-0.4, -0.2) is 33.6 Å². The Hall–Kier alpha value is -0.870. The fourth-order valence-corrected chi connectivity index (χ4v) is 2.76. The van der Waals surface area contributed by atoms with Crippen LogP contribution in [0.5, 0.6) is 0 Å². The SMILES string of the molecule is CC1SCC=[N+]1C(CO)[n+]1ccccc1. The smallest absolute Gasteiger partial charge is 0.371 e. The lowest BCUT2D eigenvalue weighted by Gasteiger charge is -2.09. The fraction of sp³-hybridized carbons (Fsp3) is 0.455. The molecule has 1 aliphatic rings. The summed E-state index contributed by atoms with van der Waals surface area (Å²) in [6.45, 7) is 2.30. The Bertz CT molecular complexity index is 353. The lowest BCUT2D eigenvalue weighted by molar-refractivity contribution is -0.883. The monoisotopic (exact) mass is 224 g/mol. The first-order valence-electron chi connectivity index (χ1n) is 5.12. The minimum absolute atomic E-state index is 0.0243. The molecule has 4 heteroatoms. The summed E-state index contributed by atoms with van der Waals surface area (Å²) in [5.74, 6) is 1.03. The molecule has 2 heterocycles. The molecule has 1 N–H and O–H groups in total. The Morgan fingerprint density at radius 1 is 1.40 bits per heavy atom. The van der Waals surface area contributed by atoms with Crippen molar-refractivity contribution in [3.8, 4) is 0 Å². The molecule has 0 aromatic carbocycles. The van der Waals surface area contributed by atoms with Crippen molar-refractivity contribution in [1.29, 1.82) is 0 Å². The maximum Gasteiger partial charge on any atom is 0.371 e. The van der Waals surface area contributed by atoms with Gasteiger partial charge in [-0.05, 0) is 0 Å². The minimum Gasteiger partial charge on any atom is -0.383 e. The zero-order valence-electron chi connectivity index (χ0n) is 8.78. The van der Waals surface area contributed by atoms with Crippen LogP contribution in [0.4, 0.5) is 0 Å². The minimum atomic E-state index is 0.0243. The standard InChI is InChI=1S/C11H16N2OS/c1-10-13(7-8-15-10)11(9-14)12-5-3-2-4-6-12/h2-7,10-11,14H,8-9H2,1H3/q+2. The molecule has 2 rings (SSSR count). The van der Waals surface area contributed by atoms with E-state index in [1.807, 2.05) is 46.9 Å². The van der Waals surface area contributed by atoms with E-state index in [1.54, 1.807) is 0 Å². The highest BCUT2D eigenvalue weighted by molar-refractivity contribution is 8.00. The molecule has 2 unspecified atom stereocenters. The summed E-state index contributed by atoms with van der Waals surface area (Å²) >= 11 is 1.89. The van der Waals surface area contributed by atoms with Crippen molar-refractivity contribution in [1.82, 2.24) is 0 Å². The summed E-state index contributed by atoms with van der Waals surface area (Å²) in [7, 11) is 0. The van der Waals surface area contributed by atoms with E-state index in [0.29, 0.717) is 5.37 Å². The Labute approximate surface area is 94.1 Å². The Balaban J connectivity index is 2.25. The Morgan fingerprint density at radius 2 is 2.13 bits per heavy atom. The lowest BCUT2D eigenvalue weighted by Crippen LogP contribution is -2.48. The zero-order chi connectivity index (χ0) is 10.7. The maximum absolute atomic E-state index is 9.47. The largest absolute Gasteiger partial charge is 0.383 e. The number of nitrogens with zero attached hydrogens (tertiary/aromatic N) is 2. The van der Waals surface area contributed by atoms with Crippen molar-refractivity contribution < 1.29 is 14.2 Å². The van der Waals surface area contributed by atoms with Crippen LogP contribution in [-0.2, 0) is 0 Å². The fourth-order valence-electron chi connectivity index (χ4n) is 1.82. The second-order valence-electron chi connectivity index (χ2n) is 3.55. The molecule has 0 spiro atoms. The number of rotatable bonds is 3. The lowest BCUT2D eigenvalue weighted by atomic mass is 10.4. The molecule has 0 bridgehead atoms. The number of aromatic nitrogens is 1. The Kier molecular flexibility index (Phi) is 3.38. The van der Waals surface area contributed by atoms with Gasteiger partial charge in [-0.15, -0.1) is 4.57 Å². The van der Waals surface area contributed by atoms with E-state index < -0.39 is 0 Å². The van der Waals surface area contributed by atoms with Gasteiger partial charge in [0.15, 0.2) is 25.2 Å². The van der Waals surface area contributed by atoms with E-state index in [0.717, 1.165) is 5.75 Å². The van der Waals surface area contributed by atoms with Gasteiger partial charge in [-0.2, -0.15) is 4.58 Å². The average molecular weight is 224 g/mol. The van der Waals surface area contributed by atoms with Crippen LogP contribution in [0.25, 0.3) is 0 Å². The molecular formula is C11H16N2OS+2. The number of aliphatic hydroxyl groups is 1. The van der Waals surface area contributed by atoms with Crippen molar-refractivity contribution in [3.63, 3.8) is 0 Å². The van der Waals surface area contributed by atoms with Crippen LogP contribution in [0.3, 0.4) is 0 Å². The molecule has 1 aliphatic heterocycles. The van der Waals surface area contributed by atoms with E-state index in [4.69, 9.17) is 0 Å². The van der Waals surface area contributed by atoms with Gasteiger partial charge in [-0.1, -0.05) is 17.8 Å². The molecular weight excluding hydrogens is 208 g/mol. The van der Waals surface area contributed by atoms with Gasteiger partial charge >= 0.3 is 6.17 Å². The predicted molar refractivity (Wildman–Crippen MR) is 61.0 cm³/mol. The molecule has 0 saturated carbocycles. The highest BCUT2D eigenvalue weighted by Gasteiger charge is 2.35. The number of pyridine rings is 1. The summed E-state index contributed by atoms with van der Waals surface area (Å²) in [5.41, 5.74) is 0. The first-order valence-corrected chi connectivity index (χ1v) is 6.17. The number of aliphatic hydroxyl groups excluding tert-OH is 1. The zero-order valence-corrected chi connectivity index (χ0v) is 9.60. The molecule has 80 valence electrons.